The predicted molar refractivity (Wildman–Crippen MR) is 53.3 cm³/mol. The molecule has 2 atom stereocenters. The number of hydrogen-bond acceptors (Lipinski definition) is 2. The first-order valence-corrected chi connectivity index (χ1v) is 5.13. The van der Waals surface area contributed by atoms with Gasteiger partial charge in [-0.2, -0.15) is 0 Å². The molecule has 0 radical (unpaired) electrons. The van der Waals surface area contributed by atoms with Crippen LogP contribution in [0.5, 0.6) is 0 Å². The molecule has 2 nitrogen and oxygen atoms in total. The summed E-state index contributed by atoms with van der Waals surface area (Å²) in [6, 6.07) is 0. The highest BCUT2D eigenvalue weighted by atomic mass is 15.1. The van der Waals surface area contributed by atoms with Gasteiger partial charge >= 0.3 is 0 Å². The number of hydrogen-bond donors (Lipinski definition) is 1. The maximum absolute atomic E-state index is 3.44. The smallest absolute Gasteiger partial charge is 0.00218 e. The molecule has 72 valence electrons. The van der Waals surface area contributed by atoms with Gasteiger partial charge in [-0.15, -0.1) is 0 Å². The third-order valence-electron chi connectivity index (χ3n) is 2.83. The van der Waals surface area contributed by atoms with E-state index in [2.05, 4.69) is 31.1 Å². The van der Waals surface area contributed by atoms with Crippen molar-refractivity contribution in [2.75, 3.05) is 33.2 Å². The highest BCUT2D eigenvalue weighted by molar-refractivity contribution is 4.79. The van der Waals surface area contributed by atoms with Gasteiger partial charge in [0.25, 0.3) is 0 Å². The largest absolute Gasteiger partial charge is 0.316 e. The summed E-state index contributed by atoms with van der Waals surface area (Å²) in [4.78, 5) is 2.45. The topological polar surface area (TPSA) is 15.3 Å². The molecule has 0 saturated carbocycles. The van der Waals surface area contributed by atoms with Gasteiger partial charge in [-0.3, -0.25) is 0 Å². The van der Waals surface area contributed by atoms with Crippen molar-refractivity contribution in [2.45, 2.75) is 20.3 Å². The molecule has 2 heteroatoms. The Labute approximate surface area is 76.3 Å². The van der Waals surface area contributed by atoms with E-state index in [1.165, 1.54) is 32.6 Å². The molecule has 1 rings (SSSR count). The molecule has 1 saturated heterocycles. The van der Waals surface area contributed by atoms with Gasteiger partial charge in [0.15, 0.2) is 0 Å². The Balaban J connectivity index is 2.20. The van der Waals surface area contributed by atoms with E-state index in [4.69, 9.17) is 0 Å². The molecule has 1 N–H and O–H groups in total. The van der Waals surface area contributed by atoms with Crippen LogP contribution in [0.1, 0.15) is 20.3 Å². The molecular weight excluding hydrogens is 148 g/mol. The Morgan fingerprint density at radius 1 is 1.42 bits per heavy atom. The summed E-state index contributed by atoms with van der Waals surface area (Å²) < 4.78 is 0. The van der Waals surface area contributed by atoms with Gasteiger partial charge in [0.05, 0.1) is 0 Å². The average Bonchev–Trinajstić information content (AvgIpc) is 2.37. The lowest BCUT2D eigenvalue weighted by atomic mass is 9.98. The molecule has 0 aliphatic carbocycles. The zero-order chi connectivity index (χ0) is 8.97. The lowest BCUT2D eigenvalue weighted by molar-refractivity contribution is 0.259. The van der Waals surface area contributed by atoms with Crippen LogP contribution in [-0.2, 0) is 0 Å². The van der Waals surface area contributed by atoms with E-state index >= 15 is 0 Å². The molecule has 1 fully saturated rings. The van der Waals surface area contributed by atoms with Crippen molar-refractivity contribution in [1.29, 1.82) is 0 Å². The van der Waals surface area contributed by atoms with Gasteiger partial charge in [0.2, 0.25) is 0 Å². The maximum Gasteiger partial charge on any atom is 0.00218 e. The molecule has 1 heterocycles. The van der Waals surface area contributed by atoms with E-state index in [9.17, 15) is 0 Å². The normalized spacial score (nSPS) is 30.0. The van der Waals surface area contributed by atoms with Crippen molar-refractivity contribution in [3.8, 4) is 0 Å². The molecule has 0 bridgehead atoms. The molecule has 12 heavy (non-hydrogen) atoms. The Hall–Kier alpha value is -0.0800. The van der Waals surface area contributed by atoms with Crippen LogP contribution in [-0.4, -0.2) is 38.1 Å². The van der Waals surface area contributed by atoms with Crippen molar-refractivity contribution in [1.82, 2.24) is 10.2 Å². The molecule has 1 aliphatic heterocycles. The Bertz CT molecular complexity index is 125. The molecule has 0 aromatic rings. The van der Waals surface area contributed by atoms with E-state index in [0.29, 0.717) is 0 Å². The summed E-state index contributed by atoms with van der Waals surface area (Å²) >= 11 is 0. The monoisotopic (exact) mass is 170 g/mol. The fourth-order valence-corrected chi connectivity index (χ4v) is 1.98. The molecule has 0 aromatic carbocycles. The van der Waals surface area contributed by atoms with E-state index in [1.807, 2.05) is 0 Å². The Morgan fingerprint density at radius 2 is 2.17 bits per heavy atom. The fourth-order valence-electron chi connectivity index (χ4n) is 1.98. The summed E-state index contributed by atoms with van der Waals surface area (Å²) in [6.45, 7) is 9.53. The van der Waals surface area contributed by atoms with Gasteiger partial charge in [-0.25, -0.2) is 0 Å². The van der Waals surface area contributed by atoms with Crippen molar-refractivity contribution < 1.29 is 0 Å². The second-order valence-electron chi connectivity index (χ2n) is 4.16. The highest BCUT2D eigenvalue weighted by Gasteiger charge is 2.23. The second kappa shape index (κ2) is 4.83. The zero-order valence-electron chi connectivity index (χ0n) is 8.64. The molecule has 0 aromatic heterocycles. The van der Waals surface area contributed by atoms with Crippen LogP contribution in [0.3, 0.4) is 0 Å². The first-order valence-electron chi connectivity index (χ1n) is 5.13. The van der Waals surface area contributed by atoms with Crippen molar-refractivity contribution >= 4 is 0 Å². The van der Waals surface area contributed by atoms with Crippen LogP contribution in [0, 0.1) is 11.8 Å². The average molecular weight is 170 g/mol. The third kappa shape index (κ3) is 2.76. The molecule has 0 amide bonds. The minimum Gasteiger partial charge on any atom is -0.316 e. The second-order valence-corrected chi connectivity index (χ2v) is 4.16. The van der Waals surface area contributed by atoms with Crippen molar-refractivity contribution in [3.63, 3.8) is 0 Å². The zero-order valence-corrected chi connectivity index (χ0v) is 8.64. The van der Waals surface area contributed by atoms with Crippen LogP contribution in [0.25, 0.3) is 0 Å². The van der Waals surface area contributed by atoms with Crippen molar-refractivity contribution in [2.24, 2.45) is 11.8 Å². The lowest BCUT2D eigenvalue weighted by Crippen LogP contribution is -2.29. The van der Waals surface area contributed by atoms with Gasteiger partial charge in [-0.05, 0) is 44.9 Å². The standard InChI is InChI=1S/C10H22N2/c1-4-5-12(3)8-10-7-11-6-9(10)2/h9-11H,4-8H2,1-3H3/t9-,10+/m1/s1. The Kier molecular flexibility index (Phi) is 4.02. The van der Waals surface area contributed by atoms with E-state index in [1.54, 1.807) is 0 Å². The van der Waals surface area contributed by atoms with Crippen LogP contribution in [0.2, 0.25) is 0 Å². The van der Waals surface area contributed by atoms with Gasteiger partial charge in [0, 0.05) is 6.54 Å². The quantitative estimate of drug-likeness (QED) is 0.681. The van der Waals surface area contributed by atoms with Gasteiger partial charge < -0.3 is 10.2 Å². The highest BCUT2D eigenvalue weighted by Crippen LogP contribution is 2.16. The summed E-state index contributed by atoms with van der Waals surface area (Å²) in [5.74, 6) is 1.74. The van der Waals surface area contributed by atoms with Crippen LogP contribution in [0.4, 0.5) is 0 Å². The number of rotatable bonds is 4. The molecule has 0 unspecified atom stereocenters. The third-order valence-corrected chi connectivity index (χ3v) is 2.83. The minimum absolute atomic E-state index is 0.865. The molecular formula is C10H22N2. The van der Waals surface area contributed by atoms with E-state index in [-0.39, 0.29) is 0 Å². The van der Waals surface area contributed by atoms with Crippen LogP contribution < -0.4 is 5.32 Å². The maximum atomic E-state index is 3.44. The predicted octanol–water partition coefficient (Wildman–Crippen LogP) is 1.18. The lowest BCUT2D eigenvalue weighted by Gasteiger charge is -2.22. The molecule has 1 aliphatic rings. The SMILES string of the molecule is CCCN(C)C[C@@H]1CNC[C@H]1C. The summed E-state index contributed by atoms with van der Waals surface area (Å²) in [5, 5.41) is 3.44. The first kappa shape index (κ1) is 10.0. The summed E-state index contributed by atoms with van der Waals surface area (Å²) in [7, 11) is 2.23. The number of nitrogens with zero attached hydrogens (tertiary/aromatic N) is 1. The van der Waals surface area contributed by atoms with Crippen molar-refractivity contribution in [3.05, 3.63) is 0 Å². The summed E-state index contributed by atoms with van der Waals surface area (Å²) in [5.41, 5.74) is 0. The van der Waals surface area contributed by atoms with Crippen LogP contribution in [0.15, 0.2) is 0 Å². The molecule has 0 spiro atoms. The van der Waals surface area contributed by atoms with Gasteiger partial charge in [-0.1, -0.05) is 13.8 Å². The summed E-state index contributed by atoms with van der Waals surface area (Å²) in [6.07, 6.45) is 1.27. The van der Waals surface area contributed by atoms with Crippen LogP contribution >= 0.6 is 0 Å². The first-order chi connectivity index (χ1) is 5.74. The fraction of sp³-hybridized carbons (Fsp3) is 1.00. The number of nitrogens with one attached hydrogen (secondary N) is 1. The van der Waals surface area contributed by atoms with E-state index in [0.717, 1.165) is 11.8 Å². The minimum atomic E-state index is 0.865. The van der Waals surface area contributed by atoms with Gasteiger partial charge in [0.1, 0.15) is 0 Å². The van der Waals surface area contributed by atoms with E-state index < -0.39 is 0 Å². The Morgan fingerprint density at radius 3 is 2.67 bits per heavy atom.